The second-order valence-electron chi connectivity index (χ2n) is 11.8. The molecule has 1 atom stereocenters. The fourth-order valence-corrected chi connectivity index (χ4v) is 6.15. The maximum absolute atomic E-state index is 15.0. The smallest absolute Gasteiger partial charge is 0.410 e. The summed E-state index contributed by atoms with van der Waals surface area (Å²) < 4.78 is 26.5. The van der Waals surface area contributed by atoms with E-state index in [1.165, 1.54) is 18.5 Å². The van der Waals surface area contributed by atoms with Gasteiger partial charge in [0.25, 0.3) is 0 Å². The van der Waals surface area contributed by atoms with Crippen LogP contribution >= 0.6 is 23.2 Å². The Labute approximate surface area is 246 Å². The molecule has 5 heterocycles. The van der Waals surface area contributed by atoms with Crippen LogP contribution in [0.2, 0.25) is 10.0 Å². The average Bonchev–Trinajstić information content (AvgIpc) is 3.26. The number of amides is 1. The molecular weight excluding hydrogens is 570 g/mol. The van der Waals surface area contributed by atoms with Crippen molar-refractivity contribution in [2.24, 2.45) is 5.41 Å². The second kappa shape index (κ2) is 10.0. The van der Waals surface area contributed by atoms with Crippen molar-refractivity contribution in [2.45, 2.75) is 39.4 Å². The van der Waals surface area contributed by atoms with E-state index >= 15 is 4.39 Å². The Morgan fingerprint density at radius 3 is 2.44 bits per heavy atom. The van der Waals surface area contributed by atoms with Crippen LogP contribution in [0.5, 0.6) is 5.75 Å². The van der Waals surface area contributed by atoms with E-state index in [4.69, 9.17) is 32.7 Å². The van der Waals surface area contributed by atoms with E-state index < -0.39 is 17.5 Å². The zero-order chi connectivity index (χ0) is 29.1. The molecule has 6 rings (SSSR count). The Kier molecular flexibility index (Phi) is 6.73. The number of H-pyrrole nitrogens is 1. The van der Waals surface area contributed by atoms with Crippen LogP contribution in [0.25, 0.3) is 22.2 Å². The summed E-state index contributed by atoms with van der Waals surface area (Å²) in [7, 11) is 0. The number of nitrogens with one attached hydrogen (secondary N) is 1. The molecule has 2 saturated heterocycles. The number of pyridine rings is 2. The Balaban J connectivity index is 1.14. The van der Waals surface area contributed by atoms with Crippen molar-refractivity contribution < 1.29 is 18.7 Å². The molecule has 4 aromatic rings. The van der Waals surface area contributed by atoms with Gasteiger partial charge in [0.05, 0.1) is 15.7 Å². The van der Waals surface area contributed by atoms with Gasteiger partial charge in [-0.2, -0.15) is 5.10 Å². The van der Waals surface area contributed by atoms with E-state index in [0.717, 1.165) is 24.5 Å². The molecule has 1 spiro atoms. The number of rotatable bonds is 5. The number of aromatic amines is 1. The fourth-order valence-electron chi connectivity index (χ4n) is 5.48. The SMILES string of the molecule is C[C@@H](Oc1cc(F)c2n[nH]c(-c3ccc(N4CC5(CN(C(=O)OC(C)(C)C)C5)C4)nc3)c2c1)c1c(Cl)cncc1Cl. The summed E-state index contributed by atoms with van der Waals surface area (Å²) in [5.41, 5.74) is 1.75. The van der Waals surface area contributed by atoms with Crippen LogP contribution in [0.1, 0.15) is 39.4 Å². The number of hydrogen-bond donors (Lipinski definition) is 1. The highest BCUT2D eigenvalue weighted by Gasteiger charge is 2.54. The lowest BCUT2D eigenvalue weighted by atomic mass is 9.73. The molecule has 0 radical (unpaired) electrons. The molecule has 12 heteroatoms. The van der Waals surface area contributed by atoms with Crippen molar-refractivity contribution in [3.63, 3.8) is 0 Å². The monoisotopic (exact) mass is 598 g/mol. The molecule has 214 valence electrons. The van der Waals surface area contributed by atoms with Gasteiger partial charge in [-0.3, -0.25) is 10.1 Å². The summed E-state index contributed by atoms with van der Waals surface area (Å²) in [5.74, 6) is 0.634. The molecule has 9 nitrogen and oxygen atoms in total. The molecule has 2 fully saturated rings. The number of nitrogens with zero attached hydrogens (tertiary/aromatic N) is 5. The van der Waals surface area contributed by atoms with Gasteiger partial charge in [0.15, 0.2) is 5.82 Å². The standard InChI is InChI=1S/C29H29Cl2FN6O3/c1-16(24-20(30)10-33-11-21(24)31)40-18-7-19-25(35-36-26(19)22(32)8-18)17-5-6-23(34-9-17)37-12-29(13-37)14-38(15-29)27(39)41-28(2,3)4/h5-11,16H,12-15H2,1-4H3,(H,35,36)/t16-/m1/s1. The summed E-state index contributed by atoms with van der Waals surface area (Å²) in [5, 5.41) is 8.42. The van der Waals surface area contributed by atoms with E-state index in [2.05, 4.69) is 25.1 Å². The largest absolute Gasteiger partial charge is 0.486 e. The van der Waals surface area contributed by atoms with E-state index in [0.29, 0.717) is 45.5 Å². The van der Waals surface area contributed by atoms with Gasteiger partial charge in [-0.1, -0.05) is 23.2 Å². The number of likely N-dealkylation sites (tertiary alicyclic amines) is 1. The van der Waals surface area contributed by atoms with Crippen molar-refractivity contribution >= 4 is 46.0 Å². The molecule has 41 heavy (non-hydrogen) atoms. The molecule has 1 N–H and O–H groups in total. The molecule has 0 bridgehead atoms. The first-order chi connectivity index (χ1) is 19.4. The highest BCUT2D eigenvalue weighted by Crippen LogP contribution is 2.42. The molecule has 0 unspecified atom stereocenters. The third-order valence-corrected chi connectivity index (χ3v) is 7.92. The van der Waals surface area contributed by atoms with Crippen molar-refractivity contribution in [3.8, 4) is 17.0 Å². The number of benzene rings is 1. The molecular formula is C29H29Cl2FN6O3. The third kappa shape index (κ3) is 5.26. The first kappa shape index (κ1) is 27.5. The van der Waals surface area contributed by atoms with Gasteiger partial charge in [-0.25, -0.2) is 14.2 Å². The second-order valence-corrected chi connectivity index (χ2v) is 12.6. The maximum atomic E-state index is 15.0. The summed E-state index contributed by atoms with van der Waals surface area (Å²) in [6.45, 7) is 10.4. The number of aromatic nitrogens is 4. The number of carbonyl (C=O) groups is 1. The quantitative estimate of drug-likeness (QED) is 0.274. The number of fused-ring (bicyclic) bond motifs is 1. The minimum atomic E-state index is -0.544. The topological polar surface area (TPSA) is 96.5 Å². The number of ether oxygens (including phenoxy) is 2. The van der Waals surface area contributed by atoms with Gasteiger partial charge in [-0.15, -0.1) is 0 Å². The fraction of sp³-hybridized carbons (Fsp3) is 0.379. The molecule has 0 aliphatic carbocycles. The number of anilines is 1. The summed E-state index contributed by atoms with van der Waals surface area (Å²) in [6.07, 6.45) is 3.91. The van der Waals surface area contributed by atoms with Crippen LogP contribution in [-0.2, 0) is 4.74 Å². The normalized spacial score (nSPS) is 16.9. The lowest BCUT2D eigenvalue weighted by Gasteiger charge is -2.60. The van der Waals surface area contributed by atoms with Gasteiger partial charge in [0, 0.05) is 72.8 Å². The van der Waals surface area contributed by atoms with E-state index in [9.17, 15) is 4.79 Å². The highest BCUT2D eigenvalue weighted by atomic mass is 35.5. The van der Waals surface area contributed by atoms with Gasteiger partial charge in [-0.05, 0) is 45.9 Å². The van der Waals surface area contributed by atoms with Gasteiger partial charge in [0.2, 0.25) is 0 Å². The molecule has 2 aliphatic rings. The predicted octanol–water partition coefficient (Wildman–Crippen LogP) is 6.66. The van der Waals surface area contributed by atoms with Crippen LogP contribution in [0, 0.1) is 11.2 Å². The summed E-state index contributed by atoms with van der Waals surface area (Å²) in [4.78, 5) is 24.8. The van der Waals surface area contributed by atoms with Gasteiger partial charge >= 0.3 is 6.09 Å². The van der Waals surface area contributed by atoms with Crippen molar-refractivity contribution in [3.05, 3.63) is 64.3 Å². The van der Waals surface area contributed by atoms with Crippen LogP contribution in [0.3, 0.4) is 0 Å². The van der Waals surface area contributed by atoms with Gasteiger partial charge < -0.3 is 19.3 Å². The molecule has 0 saturated carbocycles. The molecule has 1 aromatic carbocycles. The summed E-state index contributed by atoms with van der Waals surface area (Å²) >= 11 is 12.5. The first-order valence-corrected chi connectivity index (χ1v) is 14.0. The predicted molar refractivity (Wildman–Crippen MR) is 155 cm³/mol. The Morgan fingerprint density at radius 1 is 1.10 bits per heavy atom. The molecule has 2 aliphatic heterocycles. The lowest BCUT2D eigenvalue weighted by Crippen LogP contribution is -2.73. The Bertz CT molecular complexity index is 1600. The molecule has 1 amide bonds. The van der Waals surface area contributed by atoms with Crippen LogP contribution in [0.15, 0.2) is 42.9 Å². The van der Waals surface area contributed by atoms with Crippen molar-refractivity contribution in [1.82, 2.24) is 25.1 Å². The van der Waals surface area contributed by atoms with Crippen LogP contribution < -0.4 is 9.64 Å². The third-order valence-electron chi connectivity index (χ3n) is 7.31. The van der Waals surface area contributed by atoms with E-state index in [-0.39, 0.29) is 17.0 Å². The number of hydrogen-bond acceptors (Lipinski definition) is 7. The maximum Gasteiger partial charge on any atom is 0.410 e. The van der Waals surface area contributed by atoms with Gasteiger partial charge in [0.1, 0.15) is 28.8 Å². The Hall–Kier alpha value is -3.63. The zero-order valence-electron chi connectivity index (χ0n) is 23.0. The lowest BCUT2D eigenvalue weighted by molar-refractivity contribution is -0.0454. The van der Waals surface area contributed by atoms with Crippen LogP contribution in [0.4, 0.5) is 15.0 Å². The minimum Gasteiger partial charge on any atom is -0.486 e. The van der Waals surface area contributed by atoms with E-state index in [1.807, 2.05) is 32.9 Å². The number of halogens is 3. The van der Waals surface area contributed by atoms with Crippen molar-refractivity contribution in [2.75, 3.05) is 31.1 Å². The highest BCUT2D eigenvalue weighted by molar-refractivity contribution is 6.35. The minimum absolute atomic E-state index is 0.0899. The molecule has 3 aromatic heterocycles. The summed E-state index contributed by atoms with van der Waals surface area (Å²) in [6, 6.07) is 6.89. The average molecular weight is 599 g/mol. The Morgan fingerprint density at radius 2 is 1.80 bits per heavy atom. The number of carbonyl (C=O) groups excluding carboxylic acids is 1. The van der Waals surface area contributed by atoms with Crippen molar-refractivity contribution in [1.29, 1.82) is 0 Å². The van der Waals surface area contributed by atoms with Crippen LogP contribution in [-0.4, -0.2) is 62.9 Å². The zero-order valence-corrected chi connectivity index (χ0v) is 24.6. The van der Waals surface area contributed by atoms with E-state index in [1.54, 1.807) is 24.1 Å². The first-order valence-electron chi connectivity index (χ1n) is 13.2.